The minimum Gasteiger partial charge on any atom is -0.396 e. The third kappa shape index (κ3) is 3.94. The van der Waals surface area contributed by atoms with Crippen LogP contribution in [0.1, 0.15) is 39.5 Å². The maximum atomic E-state index is 9.18. The van der Waals surface area contributed by atoms with E-state index in [4.69, 9.17) is 0 Å². The highest BCUT2D eigenvalue weighted by Gasteiger charge is 2.31. The lowest BCUT2D eigenvalue weighted by molar-refractivity contribution is 0.164. The molecule has 2 atom stereocenters. The zero-order chi connectivity index (χ0) is 12.3. The third-order valence-corrected chi connectivity index (χ3v) is 4.48. The van der Waals surface area contributed by atoms with Crippen molar-refractivity contribution < 1.29 is 5.11 Å². The fraction of sp³-hybridized carbons (Fsp3) is 1.00. The van der Waals surface area contributed by atoms with E-state index in [1.54, 1.807) is 0 Å². The lowest BCUT2D eigenvalue weighted by Gasteiger charge is -2.33. The average molecular weight is 240 g/mol. The molecule has 1 aliphatic heterocycles. The lowest BCUT2D eigenvalue weighted by atomic mass is 9.86. The summed E-state index contributed by atoms with van der Waals surface area (Å²) in [6.07, 6.45) is 5.14. The number of aliphatic hydroxyl groups is 1. The molecule has 1 saturated heterocycles. The first-order chi connectivity index (χ1) is 8.15. The van der Waals surface area contributed by atoms with Crippen LogP contribution in [0.4, 0.5) is 0 Å². The fourth-order valence-corrected chi connectivity index (χ4v) is 2.72. The second-order valence-corrected chi connectivity index (χ2v) is 6.39. The Hall–Kier alpha value is -0.120. The zero-order valence-electron chi connectivity index (χ0n) is 11.4. The molecule has 0 spiro atoms. The molecule has 100 valence electrons. The van der Waals surface area contributed by atoms with E-state index in [1.807, 2.05) is 0 Å². The van der Waals surface area contributed by atoms with Crippen molar-refractivity contribution in [2.24, 2.45) is 11.3 Å². The van der Waals surface area contributed by atoms with Crippen molar-refractivity contribution in [3.05, 3.63) is 0 Å². The monoisotopic (exact) mass is 240 g/mol. The number of likely N-dealkylation sites (tertiary alicyclic amines) is 1. The second-order valence-electron chi connectivity index (χ2n) is 6.39. The summed E-state index contributed by atoms with van der Waals surface area (Å²) in [6.45, 7) is 9.65. The molecule has 0 bridgehead atoms. The van der Waals surface area contributed by atoms with Crippen LogP contribution in [0.5, 0.6) is 0 Å². The van der Waals surface area contributed by atoms with Crippen LogP contribution in [0.25, 0.3) is 0 Å². The molecule has 1 aliphatic carbocycles. The lowest BCUT2D eigenvalue weighted by Crippen LogP contribution is -2.42. The minimum absolute atomic E-state index is 0.361. The summed E-state index contributed by atoms with van der Waals surface area (Å²) in [5.74, 6) is 0.521. The van der Waals surface area contributed by atoms with Crippen molar-refractivity contribution >= 4 is 0 Å². The predicted octanol–water partition coefficient (Wildman–Crippen LogP) is 1.47. The molecule has 17 heavy (non-hydrogen) atoms. The molecule has 2 rings (SSSR count). The van der Waals surface area contributed by atoms with Gasteiger partial charge in [0.1, 0.15) is 0 Å². The quantitative estimate of drug-likeness (QED) is 0.707. The summed E-state index contributed by atoms with van der Waals surface area (Å²) in [7, 11) is 0. The molecule has 3 nitrogen and oxygen atoms in total. The van der Waals surface area contributed by atoms with Gasteiger partial charge in [0.05, 0.1) is 0 Å². The number of nitrogens with zero attached hydrogens (tertiary/aromatic N) is 1. The van der Waals surface area contributed by atoms with Gasteiger partial charge in [-0.3, -0.25) is 0 Å². The largest absolute Gasteiger partial charge is 0.396 e. The van der Waals surface area contributed by atoms with Crippen LogP contribution in [-0.2, 0) is 0 Å². The van der Waals surface area contributed by atoms with Gasteiger partial charge in [0.25, 0.3) is 0 Å². The molecular formula is C14H28N2O. The first kappa shape index (κ1) is 13.3. The Morgan fingerprint density at radius 3 is 2.65 bits per heavy atom. The number of hydrogen-bond donors (Lipinski definition) is 2. The molecular weight excluding hydrogens is 212 g/mol. The van der Waals surface area contributed by atoms with Gasteiger partial charge in [-0.15, -0.1) is 0 Å². The van der Waals surface area contributed by atoms with E-state index in [0.717, 1.165) is 19.1 Å². The van der Waals surface area contributed by atoms with Gasteiger partial charge in [-0.05, 0) is 43.6 Å². The van der Waals surface area contributed by atoms with Crippen molar-refractivity contribution in [2.45, 2.75) is 45.6 Å². The molecule has 3 heteroatoms. The van der Waals surface area contributed by atoms with Gasteiger partial charge in [-0.2, -0.15) is 0 Å². The summed E-state index contributed by atoms with van der Waals surface area (Å²) in [5.41, 5.74) is 0.396. The minimum atomic E-state index is 0.361. The first-order valence-corrected chi connectivity index (χ1v) is 7.22. The van der Waals surface area contributed by atoms with E-state index in [2.05, 4.69) is 24.1 Å². The molecule has 0 aromatic carbocycles. The first-order valence-electron chi connectivity index (χ1n) is 7.22. The fourth-order valence-electron chi connectivity index (χ4n) is 2.72. The van der Waals surface area contributed by atoms with Gasteiger partial charge in [-0.1, -0.05) is 13.8 Å². The Morgan fingerprint density at radius 2 is 2.12 bits per heavy atom. The summed E-state index contributed by atoms with van der Waals surface area (Å²) in [4.78, 5) is 2.54. The SMILES string of the molecule is CCC(C)(CNC1CC1)CN1CCC(CO)C1. The molecule has 2 aliphatic rings. The highest BCUT2D eigenvalue weighted by Crippen LogP contribution is 2.27. The predicted molar refractivity (Wildman–Crippen MR) is 71.1 cm³/mol. The van der Waals surface area contributed by atoms with Gasteiger partial charge >= 0.3 is 0 Å². The van der Waals surface area contributed by atoms with Crippen molar-refractivity contribution in [1.82, 2.24) is 10.2 Å². The normalized spacial score (nSPS) is 29.5. The van der Waals surface area contributed by atoms with Crippen LogP contribution in [0.3, 0.4) is 0 Å². The van der Waals surface area contributed by atoms with E-state index >= 15 is 0 Å². The third-order valence-electron chi connectivity index (χ3n) is 4.48. The summed E-state index contributed by atoms with van der Waals surface area (Å²) in [5, 5.41) is 12.9. The molecule has 2 unspecified atom stereocenters. The van der Waals surface area contributed by atoms with E-state index in [1.165, 1.54) is 38.8 Å². The number of hydrogen-bond acceptors (Lipinski definition) is 3. The van der Waals surface area contributed by atoms with Gasteiger partial charge < -0.3 is 15.3 Å². The second kappa shape index (κ2) is 5.68. The van der Waals surface area contributed by atoms with Gasteiger partial charge in [0.15, 0.2) is 0 Å². The number of rotatable bonds is 7. The van der Waals surface area contributed by atoms with Gasteiger partial charge in [0, 0.05) is 32.3 Å². The maximum absolute atomic E-state index is 9.18. The van der Waals surface area contributed by atoms with E-state index < -0.39 is 0 Å². The average Bonchev–Trinajstić information content (AvgIpc) is 3.07. The zero-order valence-corrected chi connectivity index (χ0v) is 11.4. The number of aliphatic hydroxyl groups excluding tert-OH is 1. The van der Waals surface area contributed by atoms with Crippen molar-refractivity contribution in [2.75, 3.05) is 32.8 Å². The standard InChI is InChI=1S/C14H28N2O/c1-3-14(2,10-15-13-4-5-13)11-16-7-6-12(8-16)9-17/h12-13,15,17H,3-11H2,1-2H3. The van der Waals surface area contributed by atoms with Crippen LogP contribution >= 0.6 is 0 Å². The molecule has 2 fully saturated rings. The highest BCUT2D eigenvalue weighted by molar-refractivity contribution is 4.88. The van der Waals surface area contributed by atoms with Gasteiger partial charge in [-0.25, -0.2) is 0 Å². The smallest absolute Gasteiger partial charge is 0.0471 e. The van der Waals surface area contributed by atoms with Crippen LogP contribution in [0.2, 0.25) is 0 Å². The molecule has 1 saturated carbocycles. The summed E-state index contributed by atoms with van der Waals surface area (Å²) < 4.78 is 0. The van der Waals surface area contributed by atoms with Gasteiger partial charge in [0.2, 0.25) is 0 Å². The van der Waals surface area contributed by atoms with E-state index in [9.17, 15) is 5.11 Å². The van der Waals surface area contributed by atoms with E-state index in [0.29, 0.717) is 17.9 Å². The van der Waals surface area contributed by atoms with Crippen LogP contribution in [0, 0.1) is 11.3 Å². The Bertz CT molecular complexity index is 242. The van der Waals surface area contributed by atoms with Crippen molar-refractivity contribution in [3.63, 3.8) is 0 Å². The maximum Gasteiger partial charge on any atom is 0.0471 e. The Morgan fingerprint density at radius 1 is 1.35 bits per heavy atom. The topological polar surface area (TPSA) is 35.5 Å². The molecule has 0 radical (unpaired) electrons. The number of nitrogens with one attached hydrogen (secondary N) is 1. The molecule has 1 heterocycles. The Balaban J connectivity index is 1.76. The van der Waals surface area contributed by atoms with E-state index in [-0.39, 0.29) is 0 Å². The molecule has 0 aromatic heterocycles. The van der Waals surface area contributed by atoms with Crippen LogP contribution in [-0.4, -0.2) is 48.8 Å². The highest BCUT2D eigenvalue weighted by atomic mass is 16.3. The molecule has 0 amide bonds. The van der Waals surface area contributed by atoms with Crippen molar-refractivity contribution in [1.29, 1.82) is 0 Å². The summed E-state index contributed by atoms with van der Waals surface area (Å²) in [6, 6.07) is 0.810. The van der Waals surface area contributed by atoms with Crippen molar-refractivity contribution in [3.8, 4) is 0 Å². The molecule has 2 N–H and O–H groups in total. The van der Waals surface area contributed by atoms with Crippen LogP contribution in [0.15, 0.2) is 0 Å². The summed E-state index contributed by atoms with van der Waals surface area (Å²) >= 11 is 0. The Kier molecular flexibility index (Phi) is 4.45. The Labute approximate surface area is 106 Å². The van der Waals surface area contributed by atoms with Crippen LogP contribution < -0.4 is 5.32 Å². The molecule has 0 aromatic rings.